The summed E-state index contributed by atoms with van der Waals surface area (Å²) in [5.74, 6) is 1.61. The van der Waals surface area contributed by atoms with Gasteiger partial charge in [0.15, 0.2) is 0 Å². The Morgan fingerprint density at radius 2 is 1.87 bits per heavy atom. The molecule has 0 unspecified atom stereocenters. The number of hydrogen-bond donors (Lipinski definition) is 1. The number of fused-ring (bicyclic) bond motifs is 1. The Morgan fingerprint density at radius 1 is 1.13 bits per heavy atom. The molecule has 4 nitrogen and oxygen atoms in total. The van der Waals surface area contributed by atoms with Crippen LogP contribution in [0.15, 0.2) is 36.9 Å². The van der Waals surface area contributed by atoms with Crippen molar-refractivity contribution >= 4 is 22.4 Å². The van der Waals surface area contributed by atoms with Crippen LogP contribution in [0.25, 0.3) is 10.9 Å². The molecule has 0 atom stereocenters. The number of nitrogens with one attached hydrogen (secondary N) is 1. The van der Waals surface area contributed by atoms with E-state index in [1.807, 2.05) is 18.6 Å². The Bertz CT molecular complexity index is 797. The van der Waals surface area contributed by atoms with Crippen molar-refractivity contribution in [2.75, 3.05) is 5.32 Å². The number of aromatic nitrogens is 3. The first kappa shape index (κ1) is 15.5. The highest BCUT2D eigenvalue weighted by atomic mass is 15.0. The molecular weight excluding hydrogens is 284 g/mol. The zero-order valence-electron chi connectivity index (χ0n) is 14.3. The fraction of sp³-hybridized carbons (Fsp3) is 0.368. The summed E-state index contributed by atoms with van der Waals surface area (Å²) in [4.78, 5) is 8.78. The second-order valence-corrected chi connectivity index (χ2v) is 6.56. The van der Waals surface area contributed by atoms with Crippen molar-refractivity contribution in [2.45, 2.75) is 40.7 Å². The van der Waals surface area contributed by atoms with Gasteiger partial charge in [0, 0.05) is 42.4 Å². The molecule has 3 aromatic rings. The lowest BCUT2D eigenvalue weighted by molar-refractivity contribution is 0.524. The molecule has 0 aliphatic heterocycles. The summed E-state index contributed by atoms with van der Waals surface area (Å²) in [6, 6.07) is 4.24. The maximum Gasteiger partial charge on any atom is 0.139 e. The van der Waals surface area contributed by atoms with Crippen molar-refractivity contribution in [3.63, 3.8) is 0 Å². The van der Waals surface area contributed by atoms with Crippen molar-refractivity contribution < 1.29 is 0 Å². The fourth-order valence-corrected chi connectivity index (χ4v) is 2.83. The third-order valence-corrected chi connectivity index (χ3v) is 4.21. The smallest absolute Gasteiger partial charge is 0.139 e. The van der Waals surface area contributed by atoms with Crippen LogP contribution in [0, 0.1) is 19.8 Å². The molecular formula is C19H24N4. The van der Waals surface area contributed by atoms with Gasteiger partial charge in [-0.05, 0) is 49.4 Å². The highest BCUT2D eigenvalue weighted by Crippen LogP contribution is 2.28. The lowest BCUT2D eigenvalue weighted by Crippen LogP contribution is -2.01. The number of aryl methyl sites for hydroxylation is 3. The minimum absolute atomic E-state index is 0.703. The van der Waals surface area contributed by atoms with E-state index in [-0.39, 0.29) is 0 Å². The fourth-order valence-electron chi connectivity index (χ4n) is 2.83. The average molecular weight is 308 g/mol. The average Bonchev–Trinajstić information content (AvgIpc) is 2.93. The summed E-state index contributed by atoms with van der Waals surface area (Å²) >= 11 is 0. The molecule has 3 aromatic heterocycles. The van der Waals surface area contributed by atoms with E-state index in [2.05, 4.69) is 65.9 Å². The van der Waals surface area contributed by atoms with Crippen molar-refractivity contribution in [3.05, 3.63) is 48.0 Å². The summed E-state index contributed by atoms with van der Waals surface area (Å²) in [6.07, 6.45) is 8.97. The summed E-state index contributed by atoms with van der Waals surface area (Å²) in [6.45, 7) is 9.69. The lowest BCUT2D eigenvalue weighted by atomic mass is 10.1. The SMILES string of the molecule is Cc1cncc(C)c1Nc1nccc2c1ccn2CCC(C)C. The van der Waals surface area contributed by atoms with Gasteiger partial charge in [-0.2, -0.15) is 0 Å². The van der Waals surface area contributed by atoms with E-state index < -0.39 is 0 Å². The van der Waals surface area contributed by atoms with Crippen LogP contribution in [-0.4, -0.2) is 14.5 Å². The summed E-state index contributed by atoms with van der Waals surface area (Å²) < 4.78 is 2.31. The highest BCUT2D eigenvalue weighted by molar-refractivity contribution is 5.92. The summed E-state index contributed by atoms with van der Waals surface area (Å²) in [5, 5.41) is 4.66. The number of anilines is 2. The van der Waals surface area contributed by atoms with E-state index in [9.17, 15) is 0 Å². The monoisotopic (exact) mass is 308 g/mol. The molecule has 3 heterocycles. The summed E-state index contributed by atoms with van der Waals surface area (Å²) in [5.41, 5.74) is 4.58. The minimum atomic E-state index is 0.703. The third kappa shape index (κ3) is 3.21. The van der Waals surface area contributed by atoms with Crippen LogP contribution in [0.3, 0.4) is 0 Å². The number of rotatable bonds is 5. The van der Waals surface area contributed by atoms with Gasteiger partial charge in [0.25, 0.3) is 0 Å². The molecule has 3 rings (SSSR count). The normalized spacial score (nSPS) is 11.3. The van der Waals surface area contributed by atoms with Crippen LogP contribution in [0.2, 0.25) is 0 Å². The Hall–Kier alpha value is -2.36. The molecule has 0 fully saturated rings. The van der Waals surface area contributed by atoms with Crippen LogP contribution in [0.4, 0.5) is 11.5 Å². The predicted octanol–water partition coefficient (Wildman–Crippen LogP) is 4.84. The van der Waals surface area contributed by atoms with E-state index in [1.165, 1.54) is 11.9 Å². The van der Waals surface area contributed by atoms with Crippen LogP contribution in [0.5, 0.6) is 0 Å². The Balaban J connectivity index is 1.96. The van der Waals surface area contributed by atoms with E-state index in [0.29, 0.717) is 5.92 Å². The first-order valence-electron chi connectivity index (χ1n) is 8.18. The maximum atomic E-state index is 4.55. The zero-order chi connectivity index (χ0) is 16.4. The zero-order valence-corrected chi connectivity index (χ0v) is 14.3. The Morgan fingerprint density at radius 3 is 2.57 bits per heavy atom. The van der Waals surface area contributed by atoms with Crippen LogP contribution in [0.1, 0.15) is 31.4 Å². The second kappa shape index (κ2) is 6.41. The molecule has 4 heteroatoms. The van der Waals surface area contributed by atoms with Gasteiger partial charge in [-0.15, -0.1) is 0 Å². The molecule has 1 N–H and O–H groups in total. The molecule has 0 spiro atoms. The molecule has 0 amide bonds. The quantitative estimate of drug-likeness (QED) is 0.733. The van der Waals surface area contributed by atoms with Crippen molar-refractivity contribution in [2.24, 2.45) is 5.92 Å². The highest BCUT2D eigenvalue weighted by Gasteiger charge is 2.10. The van der Waals surface area contributed by atoms with Crippen LogP contribution in [-0.2, 0) is 6.54 Å². The Labute approximate surface area is 137 Å². The molecule has 0 bridgehead atoms. The van der Waals surface area contributed by atoms with Gasteiger partial charge in [-0.25, -0.2) is 4.98 Å². The number of nitrogens with zero attached hydrogens (tertiary/aromatic N) is 3. The largest absolute Gasteiger partial charge is 0.347 e. The third-order valence-electron chi connectivity index (χ3n) is 4.21. The molecule has 0 aliphatic carbocycles. The molecule has 0 radical (unpaired) electrons. The molecule has 0 saturated carbocycles. The predicted molar refractivity (Wildman–Crippen MR) is 96.2 cm³/mol. The van der Waals surface area contributed by atoms with E-state index >= 15 is 0 Å². The number of hydrogen-bond acceptors (Lipinski definition) is 3. The van der Waals surface area contributed by atoms with Crippen LogP contribution < -0.4 is 5.32 Å². The minimum Gasteiger partial charge on any atom is -0.347 e. The standard InChI is InChI=1S/C19H24N4/c1-13(2)6-9-23-10-7-16-17(23)5-8-21-19(16)22-18-14(3)11-20-12-15(18)4/h5,7-8,10-13H,6,9H2,1-4H3,(H,20,21,22). The first-order chi connectivity index (χ1) is 11.1. The molecule has 23 heavy (non-hydrogen) atoms. The molecule has 120 valence electrons. The number of pyridine rings is 2. The molecule has 0 aromatic carbocycles. The van der Waals surface area contributed by atoms with Crippen molar-refractivity contribution in [1.29, 1.82) is 0 Å². The Kier molecular flexibility index (Phi) is 4.33. The second-order valence-electron chi connectivity index (χ2n) is 6.56. The van der Waals surface area contributed by atoms with Gasteiger partial charge >= 0.3 is 0 Å². The molecule has 0 aliphatic rings. The van der Waals surface area contributed by atoms with E-state index in [0.717, 1.165) is 34.6 Å². The van der Waals surface area contributed by atoms with Crippen molar-refractivity contribution in [1.82, 2.24) is 14.5 Å². The topological polar surface area (TPSA) is 42.7 Å². The van der Waals surface area contributed by atoms with Gasteiger partial charge in [0.05, 0.1) is 5.52 Å². The van der Waals surface area contributed by atoms with Gasteiger partial charge in [-0.1, -0.05) is 13.8 Å². The van der Waals surface area contributed by atoms with Gasteiger partial charge < -0.3 is 9.88 Å². The summed E-state index contributed by atoms with van der Waals surface area (Å²) in [7, 11) is 0. The van der Waals surface area contributed by atoms with E-state index in [4.69, 9.17) is 0 Å². The van der Waals surface area contributed by atoms with Crippen molar-refractivity contribution in [3.8, 4) is 0 Å². The first-order valence-corrected chi connectivity index (χ1v) is 8.18. The van der Waals surface area contributed by atoms with Crippen LogP contribution >= 0.6 is 0 Å². The molecule has 0 saturated heterocycles. The van der Waals surface area contributed by atoms with Gasteiger partial charge in [0.2, 0.25) is 0 Å². The maximum absolute atomic E-state index is 4.55. The van der Waals surface area contributed by atoms with Gasteiger partial charge in [0.1, 0.15) is 5.82 Å². The van der Waals surface area contributed by atoms with Gasteiger partial charge in [-0.3, -0.25) is 4.98 Å². The van der Waals surface area contributed by atoms with E-state index in [1.54, 1.807) is 0 Å². The lowest BCUT2D eigenvalue weighted by Gasteiger charge is -2.13.